The molecule has 2 bridgehead atoms. The SMILES string of the molecule is CCCC(=O)N1[C@H]2CC(=O)C(C#N)[C@@H]1Cc1c2n(C)c2ccccc12. The van der Waals surface area contributed by atoms with Crippen molar-refractivity contribution in [2.75, 3.05) is 0 Å². The first-order valence-electron chi connectivity index (χ1n) is 8.88. The molecule has 2 aliphatic rings. The monoisotopic (exact) mass is 335 g/mol. The third-order valence-corrected chi connectivity index (χ3v) is 5.70. The molecule has 1 unspecified atom stereocenters. The molecule has 3 heterocycles. The summed E-state index contributed by atoms with van der Waals surface area (Å²) in [5.41, 5.74) is 3.37. The smallest absolute Gasteiger partial charge is 0.223 e. The molecule has 25 heavy (non-hydrogen) atoms. The lowest BCUT2D eigenvalue weighted by Crippen LogP contribution is -2.56. The largest absolute Gasteiger partial charge is 0.346 e. The molecule has 0 saturated carbocycles. The Morgan fingerprint density at radius 3 is 2.80 bits per heavy atom. The van der Waals surface area contributed by atoms with Gasteiger partial charge in [0, 0.05) is 36.5 Å². The zero-order chi connectivity index (χ0) is 17.7. The van der Waals surface area contributed by atoms with Crippen LogP contribution >= 0.6 is 0 Å². The Labute approximate surface area is 146 Å². The zero-order valence-electron chi connectivity index (χ0n) is 14.5. The van der Waals surface area contributed by atoms with Gasteiger partial charge in [0.2, 0.25) is 5.91 Å². The van der Waals surface area contributed by atoms with Crippen molar-refractivity contribution in [3.8, 4) is 6.07 Å². The molecular formula is C20H21N3O2. The molecule has 2 aliphatic heterocycles. The fourth-order valence-corrected chi connectivity index (χ4v) is 4.67. The number of hydrogen-bond acceptors (Lipinski definition) is 3. The highest BCUT2D eigenvalue weighted by molar-refractivity contribution is 5.92. The van der Waals surface area contributed by atoms with Gasteiger partial charge in [-0.3, -0.25) is 9.59 Å². The van der Waals surface area contributed by atoms with Crippen LogP contribution in [0.4, 0.5) is 0 Å². The number of benzene rings is 1. The number of nitriles is 1. The molecule has 0 aliphatic carbocycles. The van der Waals surface area contributed by atoms with Crippen molar-refractivity contribution < 1.29 is 9.59 Å². The van der Waals surface area contributed by atoms with Crippen LogP contribution in [-0.2, 0) is 23.1 Å². The molecule has 3 atom stereocenters. The number of piperidine rings is 1. The summed E-state index contributed by atoms with van der Waals surface area (Å²) in [5.74, 6) is -0.695. The highest BCUT2D eigenvalue weighted by Gasteiger charge is 2.50. The molecule has 1 aromatic heterocycles. The van der Waals surface area contributed by atoms with Crippen LogP contribution in [0.1, 0.15) is 43.5 Å². The van der Waals surface area contributed by atoms with E-state index in [-0.39, 0.29) is 30.2 Å². The first-order chi connectivity index (χ1) is 12.1. The number of carbonyl (C=O) groups excluding carboxylic acids is 2. The Balaban J connectivity index is 1.94. The van der Waals surface area contributed by atoms with Crippen molar-refractivity contribution in [1.82, 2.24) is 9.47 Å². The van der Waals surface area contributed by atoms with Crippen molar-refractivity contribution in [2.45, 2.75) is 44.7 Å². The number of aryl methyl sites for hydroxylation is 1. The van der Waals surface area contributed by atoms with Crippen molar-refractivity contribution in [1.29, 1.82) is 5.26 Å². The summed E-state index contributed by atoms with van der Waals surface area (Å²) in [6.07, 6.45) is 2.04. The van der Waals surface area contributed by atoms with Gasteiger partial charge in [0.25, 0.3) is 0 Å². The molecule has 1 amide bonds. The minimum atomic E-state index is -0.718. The first kappa shape index (κ1) is 15.9. The standard InChI is InChI=1S/C20H21N3O2/c1-3-6-19(25)23-16-9-13-12-7-4-5-8-15(12)22(2)20(13)17(23)10-18(24)14(16)11-21/h4-5,7-8,14,16-17H,3,6,9-10H2,1-2H3/t14?,16-,17-/m0/s1. The van der Waals surface area contributed by atoms with Crippen LogP contribution in [0.25, 0.3) is 10.9 Å². The number of rotatable bonds is 2. The predicted molar refractivity (Wildman–Crippen MR) is 93.6 cm³/mol. The van der Waals surface area contributed by atoms with E-state index in [2.05, 4.69) is 22.8 Å². The molecule has 1 saturated heterocycles. The molecule has 5 nitrogen and oxygen atoms in total. The van der Waals surface area contributed by atoms with Gasteiger partial charge in [0.05, 0.1) is 18.2 Å². The second-order valence-electron chi connectivity index (χ2n) is 7.06. The molecule has 1 fully saturated rings. The summed E-state index contributed by atoms with van der Waals surface area (Å²) < 4.78 is 2.12. The van der Waals surface area contributed by atoms with Crippen LogP contribution in [0.2, 0.25) is 0 Å². The minimum Gasteiger partial charge on any atom is -0.346 e. The Kier molecular flexibility index (Phi) is 3.64. The lowest BCUT2D eigenvalue weighted by Gasteiger charge is -2.47. The molecule has 128 valence electrons. The van der Waals surface area contributed by atoms with Crippen molar-refractivity contribution >= 4 is 22.6 Å². The third-order valence-electron chi connectivity index (χ3n) is 5.70. The van der Waals surface area contributed by atoms with Gasteiger partial charge in [-0.15, -0.1) is 0 Å². The number of hydrogen-bond donors (Lipinski definition) is 0. The Morgan fingerprint density at radius 2 is 2.08 bits per heavy atom. The van der Waals surface area contributed by atoms with E-state index in [0.29, 0.717) is 12.8 Å². The van der Waals surface area contributed by atoms with Gasteiger partial charge < -0.3 is 9.47 Å². The maximum atomic E-state index is 12.8. The van der Waals surface area contributed by atoms with Gasteiger partial charge in [0.1, 0.15) is 5.92 Å². The number of nitrogens with zero attached hydrogens (tertiary/aromatic N) is 3. The molecule has 2 aromatic rings. The van der Waals surface area contributed by atoms with E-state index in [0.717, 1.165) is 17.6 Å². The fraction of sp³-hybridized carbons (Fsp3) is 0.450. The van der Waals surface area contributed by atoms with Gasteiger partial charge in [-0.2, -0.15) is 5.26 Å². The molecule has 5 heteroatoms. The molecular weight excluding hydrogens is 314 g/mol. The minimum absolute atomic E-state index is 0.0334. The van der Waals surface area contributed by atoms with Gasteiger partial charge in [-0.05, 0) is 24.5 Å². The molecule has 0 N–H and O–H groups in total. The molecule has 0 spiro atoms. The topological polar surface area (TPSA) is 66.1 Å². The summed E-state index contributed by atoms with van der Waals surface area (Å²) in [7, 11) is 2.00. The van der Waals surface area contributed by atoms with Crippen molar-refractivity contribution in [3.63, 3.8) is 0 Å². The number of amides is 1. The van der Waals surface area contributed by atoms with Crippen LogP contribution in [0.15, 0.2) is 24.3 Å². The summed E-state index contributed by atoms with van der Waals surface area (Å²) in [5, 5.41) is 10.7. The predicted octanol–water partition coefficient (Wildman–Crippen LogP) is 2.89. The number of ketones is 1. The molecule has 0 radical (unpaired) electrons. The fourth-order valence-electron chi connectivity index (χ4n) is 4.67. The summed E-state index contributed by atoms with van der Waals surface area (Å²) in [6, 6.07) is 9.76. The first-order valence-corrected chi connectivity index (χ1v) is 8.88. The molecule has 4 rings (SSSR count). The number of para-hydroxylation sites is 1. The van der Waals surface area contributed by atoms with E-state index in [1.54, 1.807) is 0 Å². The Hall–Kier alpha value is -2.61. The van der Waals surface area contributed by atoms with Crippen molar-refractivity contribution in [2.24, 2.45) is 13.0 Å². The summed E-state index contributed by atoms with van der Waals surface area (Å²) >= 11 is 0. The third kappa shape index (κ3) is 2.13. The lowest BCUT2D eigenvalue weighted by molar-refractivity contribution is -0.146. The van der Waals surface area contributed by atoms with E-state index in [9.17, 15) is 14.9 Å². The Morgan fingerprint density at radius 1 is 1.32 bits per heavy atom. The van der Waals surface area contributed by atoms with Gasteiger partial charge in [0.15, 0.2) is 5.78 Å². The van der Waals surface area contributed by atoms with Crippen molar-refractivity contribution in [3.05, 3.63) is 35.5 Å². The number of carbonyl (C=O) groups is 2. The summed E-state index contributed by atoms with van der Waals surface area (Å²) in [4.78, 5) is 27.2. The molecule has 1 aromatic carbocycles. The van der Waals surface area contributed by atoms with Gasteiger partial charge in [-0.25, -0.2) is 0 Å². The van der Waals surface area contributed by atoms with Gasteiger partial charge >= 0.3 is 0 Å². The second-order valence-corrected chi connectivity index (χ2v) is 7.06. The highest BCUT2D eigenvalue weighted by Crippen LogP contribution is 2.46. The number of Topliss-reactive ketones (excluding diaryl/α,β-unsaturated/α-hetero) is 1. The van der Waals surface area contributed by atoms with Crippen LogP contribution in [0.3, 0.4) is 0 Å². The van der Waals surface area contributed by atoms with E-state index < -0.39 is 5.92 Å². The average molecular weight is 335 g/mol. The number of aromatic nitrogens is 1. The lowest BCUT2D eigenvalue weighted by atomic mass is 9.76. The van der Waals surface area contributed by atoms with E-state index >= 15 is 0 Å². The maximum absolute atomic E-state index is 12.8. The summed E-state index contributed by atoms with van der Waals surface area (Å²) in [6.45, 7) is 1.98. The quantitative estimate of drug-likeness (QED) is 0.847. The van der Waals surface area contributed by atoms with E-state index in [1.165, 1.54) is 10.9 Å². The highest BCUT2D eigenvalue weighted by atomic mass is 16.2. The van der Waals surface area contributed by atoms with Gasteiger partial charge in [-0.1, -0.05) is 25.1 Å². The van der Waals surface area contributed by atoms with E-state index in [4.69, 9.17) is 0 Å². The zero-order valence-corrected chi connectivity index (χ0v) is 14.5. The van der Waals surface area contributed by atoms with Crippen LogP contribution < -0.4 is 0 Å². The van der Waals surface area contributed by atoms with Crippen LogP contribution in [0, 0.1) is 17.2 Å². The average Bonchev–Trinajstić information content (AvgIpc) is 2.88. The number of fused-ring (bicyclic) bond motifs is 6. The van der Waals surface area contributed by atoms with Crippen LogP contribution in [-0.4, -0.2) is 27.2 Å². The van der Waals surface area contributed by atoms with E-state index in [1.807, 2.05) is 31.0 Å². The normalized spacial score (nSPS) is 24.9. The van der Waals surface area contributed by atoms with Crippen LogP contribution in [0.5, 0.6) is 0 Å². The second kappa shape index (κ2) is 5.73. The maximum Gasteiger partial charge on any atom is 0.223 e. The Bertz CT molecular complexity index is 921.